The average molecular weight is 194 g/mol. The molecule has 1 aliphatic carbocycles. The Morgan fingerprint density at radius 1 is 1.21 bits per heavy atom. The van der Waals surface area contributed by atoms with Crippen LogP contribution in [0.2, 0.25) is 0 Å². The van der Waals surface area contributed by atoms with E-state index in [1.165, 1.54) is 31.4 Å². The summed E-state index contributed by atoms with van der Waals surface area (Å²) in [7, 11) is 0. The van der Waals surface area contributed by atoms with Crippen molar-refractivity contribution < 1.29 is 9.59 Å². The Morgan fingerprint density at radius 2 is 2.00 bits per heavy atom. The summed E-state index contributed by atoms with van der Waals surface area (Å²) in [6, 6.07) is 0. The minimum atomic E-state index is -0.0237. The van der Waals surface area contributed by atoms with Crippen LogP contribution < -0.4 is 0 Å². The van der Waals surface area contributed by atoms with Gasteiger partial charge in [0.1, 0.15) is 0 Å². The van der Waals surface area contributed by atoms with Gasteiger partial charge in [-0.1, -0.05) is 32.6 Å². The van der Waals surface area contributed by atoms with Crippen LogP contribution in [0.5, 0.6) is 0 Å². The Hall–Kier alpha value is -0.920. The van der Waals surface area contributed by atoms with Crippen molar-refractivity contribution in [2.24, 2.45) is 5.92 Å². The van der Waals surface area contributed by atoms with Gasteiger partial charge >= 0.3 is 0 Å². The molecule has 0 saturated heterocycles. The fraction of sp³-hybridized carbons (Fsp3) is 0.667. The van der Waals surface area contributed by atoms with Gasteiger partial charge in [-0.25, -0.2) is 0 Å². The molecule has 0 aromatic rings. The van der Waals surface area contributed by atoms with Gasteiger partial charge in [0.05, 0.1) is 0 Å². The molecule has 0 spiro atoms. The van der Waals surface area contributed by atoms with Crippen molar-refractivity contribution in [3.05, 3.63) is 12.2 Å². The molecular formula is C12H18O2. The van der Waals surface area contributed by atoms with E-state index in [1.54, 1.807) is 0 Å². The summed E-state index contributed by atoms with van der Waals surface area (Å²) in [4.78, 5) is 22.4. The van der Waals surface area contributed by atoms with Crippen molar-refractivity contribution in [2.75, 3.05) is 0 Å². The summed E-state index contributed by atoms with van der Waals surface area (Å²) in [5.41, 5.74) is 0. The van der Waals surface area contributed by atoms with Crippen LogP contribution in [0, 0.1) is 5.92 Å². The smallest absolute Gasteiger partial charge is 0.159 e. The average Bonchev–Trinajstić information content (AvgIpc) is 2.18. The number of carbonyl (C=O) groups is 2. The van der Waals surface area contributed by atoms with E-state index in [0.29, 0.717) is 6.42 Å². The highest BCUT2D eigenvalue weighted by atomic mass is 16.1. The highest BCUT2D eigenvalue weighted by molar-refractivity contribution is 6.05. The molecule has 0 fully saturated rings. The van der Waals surface area contributed by atoms with Gasteiger partial charge in [0.25, 0.3) is 0 Å². The van der Waals surface area contributed by atoms with Crippen molar-refractivity contribution in [2.45, 2.75) is 45.4 Å². The fourth-order valence-corrected chi connectivity index (χ4v) is 1.78. The summed E-state index contributed by atoms with van der Waals surface area (Å²) in [6.07, 6.45) is 8.85. The molecule has 0 N–H and O–H groups in total. The third kappa shape index (κ3) is 3.44. The lowest BCUT2D eigenvalue weighted by Crippen LogP contribution is -2.20. The Labute approximate surface area is 85.4 Å². The first kappa shape index (κ1) is 11.2. The molecule has 0 aromatic carbocycles. The molecule has 0 radical (unpaired) electrons. The fourth-order valence-electron chi connectivity index (χ4n) is 1.78. The first-order valence-corrected chi connectivity index (χ1v) is 5.48. The third-order valence-electron chi connectivity index (χ3n) is 2.69. The monoisotopic (exact) mass is 194 g/mol. The first-order chi connectivity index (χ1) is 6.74. The summed E-state index contributed by atoms with van der Waals surface area (Å²) in [5.74, 6) is 0.218. The molecule has 0 amide bonds. The summed E-state index contributed by atoms with van der Waals surface area (Å²) >= 11 is 0. The van der Waals surface area contributed by atoms with Gasteiger partial charge in [-0.05, 0) is 18.6 Å². The molecule has 0 aromatic heterocycles. The van der Waals surface area contributed by atoms with Gasteiger partial charge < -0.3 is 0 Å². The maximum absolute atomic E-state index is 11.4. The number of rotatable bonds is 5. The van der Waals surface area contributed by atoms with Crippen LogP contribution in [-0.4, -0.2) is 11.6 Å². The Kier molecular flexibility index (Phi) is 4.57. The molecule has 1 atom stereocenters. The minimum Gasteiger partial charge on any atom is -0.295 e. The van der Waals surface area contributed by atoms with Crippen LogP contribution >= 0.6 is 0 Å². The maximum Gasteiger partial charge on any atom is 0.159 e. The summed E-state index contributed by atoms with van der Waals surface area (Å²) in [6.45, 7) is 2.16. The molecule has 0 saturated carbocycles. The second-order valence-electron chi connectivity index (χ2n) is 3.95. The molecule has 0 aliphatic heterocycles. The van der Waals surface area contributed by atoms with E-state index >= 15 is 0 Å². The van der Waals surface area contributed by atoms with E-state index < -0.39 is 0 Å². The van der Waals surface area contributed by atoms with Crippen LogP contribution in [0.15, 0.2) is 12.2 Å². The number of allylic oxidation sites excluding steroid dienone is 2. The van der Waals surface area contributed by atoms with Crippen LogP contribution in [0.1, 0.15) is 45.4 Å². The molecule has 1 rings (SSSR count). The van der Waals surface area contributed by atoms with E-state index in [4.69, 9.17) is 0 Å². The maximum atomic E-state index is 11.4. The van der Waals surface area contributed by atoms with Crippen molar-refractivity contribution in [3.8, 4) is 0 Å². The van der Waals surface area contributed by atoms with E-state index in [-0.39, 0.29) is 17.5 Å². The van der Waals surface area contributed by atoms with Gasteiger partial charge in [0, 0.05) is 12.3 Å². The highest BCUT2D eigenvalue weighted by Gasteiger charge is 2.22. The predicted molar refractivity (Wildman–Crippen MR) is 56.0 cm³/mol. The van der Waals surface area contributed by atoms with Crippen molar-refractivity contribution in [1.29, 1.82) is 0 Å². The lowest BCUT2D eigenvalue weighted by molar-refractivity contribution is -0.124. The predicted octanol–water partition coefficient (Wildman–Crippen LogP) is 2.67. The number of carbonyl (C=O) groups excluding carboxylic acids is 2. The second-order valence-corrected chi connectivity index (χ2v) is 3.95. The quantitative estimate of drug-likeness (QED) is 0.630. The Bertz CT molecular complexity index is 241. The number of unbranched alkanes of at least 4 members (excludes halogenated alkanes) is 3. The topological polar surface area (TPSA) is 34.1 Å². The highest BCUT2D eigenvalue weighted by Crippen LogP contribution is 2.19. The molecule has 14 heavy (non-hydrogen) atoms. The molecule has 0 heterocycles. The van der Waals surface area contributed by atoms with Crippen molar-refractivity contribution in [1.82, 2.24) is 0 Å². The molecular weight excluding hydrogens is 176 g/mol. The SMILES string of the molecule is CCCCCCC1CC(=O)C=CC1=O. The van der Waals surface area contributed by atoms with E-state index in [0.717, 1.165) is 12.8 Å². The zero-order chi connectivity index (χ0) is 10.4. The van der Waals surface area contributed by atoms with Crippen LogP contribution in [0.25, 0.3) is 0 Å². The van der Waals surface area contributed by atoms with E-state index in [1.807, 2.05) is 0 Å². The van der Waals surface area contributed by atoms with Gasteiger partial charge in [0.15, 0.2) is 11.6 Å². The molecule has 1 unspecified atom stereocenters. The third-order valence-corrected chi connectivity index (χ3v) is 2.69. The van der Waals surface area contributed by atoms with Crippen molar-refractivity contribution >= 4 is 11.6 Å². The Morgan fingerprint density at radius 3 is 2.71 bits per heavy atom. The molecule has 2 nitrogen and oxygen atoms in total. The van der Waals surface area contributed by atoms with Crippen molar-refractivity contribution in [3.63, 3.8) is 0 Å². The summed E-state index contributed by atoms with van der Waals surface area (Å²) in [5, 5.41) is 0. The van der Waals surface area contributed by atoms with Crippen LogP contribution in [-0.2, 0) is 9.59 Å². The van der Waals surface area contributed by atoms with Gasteiger partial charge in [-0.3, -0.25) is 9.59 Å². The molecule has 1 aliphatic rings. The van der Waals surface area contributed by atoms with Gasteiger partial charge in [-0.2, -0.15) is 0 Å². The van der Waals surface area contributed by atoms with Crippen LogP contribution in [0.3, 0.4) is 0 Å². The number of ketones is 2. The summed E-state index contributed by atoms with van der Waals surface area (Å²) < 4.78 is 0. The van der Waals surface area contributed by atoms with E-state index in [2.05, 4.69) is 6.92 Å². The minimum absolute atomic E-state index is 0.0237. The molecule has 78 valence electrons. The Balaban J connectivity index is 2.27. The first-order valence-electron chi connectivity index (χ1n) is 5.48. The standard InChI is InChI=1S/C12H18O2/c1-2-3-4-5-6-10-9-11(13)7-8-12(10)14/h7-8,10H,2-6,9H2,1H3. The number of hydrogen-bond donors (Lipinski definition) is 0. The normalized spacial score (nSPS) is 21.6. The van der Waals surface area contributed by atoms with Crippen LogP contribution in [0.4, 0.5) is 0 Å². The van der Waals surface area contributed by atoms with E-state index in [9.17, 15) is 9.59 Å². The zero-order valence-corrected chi connectivity index (χ0v) is 8.79. The van der Waals surface area contributed by atoms with Gasteiger partial charge in [0.2, 0.25) is 0 Å². The van der Waals surface area contributed by atoms with Gasteiger partial charge in [-0.15, -0.1) is 0 Å². The molecule has 0 bridgehead atoms. The lowest BCUT2D eigenvalue weighted by atomic mass is 9.88. The number of hydrogen-bond acceptors (Lipinski definition) is 2. The zero-order valence-electron chi connectivity index (χ0n) is 8.79. The largest absolute Gasteiger partial charge is 0.295 e. The second kappa shape index (κ2) is 5.74. The molecule has 2 heteroatoms. The lowest BCUT2D eigenvalue weighted by Gasteiger charge is -2.14.